The van der Waals surface area contributed by atoms with E-state index < -0.39 is 5.97 Å². The van der Waals surface area contributed by atoms with Crippen LogP contribution in [-0.2, 0) is 4.79 Å². The molecule has 1 rings (SSSR count). The van der Waals surface area contributed by atoms with Gasteiger partial charge in [0.2, 0.25) is 0 Å². The lowest BCUT2D eigenvalue weighted by atomic mass is 9.73. The molecule has 0 aromatic rings. The van der Waals surface area contributed by atoms with Crippen LogP contribution in [0, 0.1) is 5.41 Å². The highest BCUT2D eigenvalue weighted by atomic mass is 16.4. The molecule has 0 saturated heterocycles. The molecule has 0 radical (unpaired) electrons. The molecule has 0 amide bonds. The predicted octanol–water partition coefficient (Wildman–Crippen LogP) is 2.60. The number of carboxylic acid groups (broad SMARTS) is 1. The van der Waals surface area contributed by atoms with E-state index in [9.17, 15) is 0 Å². The third kappa shape index (κ3) is 4.98. The molecule has 1 aliphatic rings. The molecule has 0 aromatic carbocycles. The van der Waals surface area contributed by atoms with Gasteiger partial charge in [0, 0.05) is 6.92 Å². The lowest BCUT2D eigenvalue weighted by Gasteiger charge is -2.32. The largest absolute Gasteiger partial charge is 0.481 e. The van der Waals surface area contributed by atoms with E-state index >= 15 is 0 Å². The second kappa shape index (κ2) is 5.91. The first-order valence-electron chi connectivity index (χ1n) is 5.30. The number of rotatable bonds is 1. The highest BCUT2D eigenvalue weighted by Gasteiger charge is 2.25. The number of carbonyl (C=O) groups is 1. The van der Waals surface area contributed by atoms with E-state index in [1.165, 1.54) is 24.0 Å². The SMILES string of the molecule is CC(=O)O.CC1=C(CO)CCCC1(C)C. The van der Waals surface area contributed by atoms with Gasteiger partial charge in [-0.05, 0) is 37.2 Å². The van der Waals surface area contributed by atoms with Gasteiger partial charge in [-0.2, -0.15) is 0 Å². The summed E-state index contributed by atoms with van der Waals surface area (Å²) in [7, 11) is 0. The zero-order valence-electron chi connectivity index (χ0n) is 10.1. The Hall–Kier alpha value is -0.830. The maximum Gasteiger partial charge on any atom is 0.300 e. The Balaban J connectivity index is 0.000000423. The van der Waals surface area contributed by atoms with Gasteiger partial charge in [-0.25, -0.2) is 0 Å². The predicted molar refractivity (Wildman–Crippen MR) is 60.7 cm³/mol. The third-order valence-corrected chi connectivity index (χ3v) is 3.02. The van der Waals surface area contributed by atoms with Gasteiger partial charge >= 0.3 is 0 Å². The van der Waals surface area contributed by atoms with Gasteiger partial charge in [0.25, 0.3) is 5.97 Å². The number of aliphatic carboxylic acids is 1. The van der Waals surface area contributed by atoms with Crippen LogP contribution in [0.5, 0.6) is 0 Å². The van der Waals surface area contributed by atoms with Crippen LogP contribution in [0.1, 0.15) is 47.0 Å². The molecule has 3 heteroatoms. The second-order valence-corrected chi connectivity index (χ2v) is 4.64. The van der Waals surface area contributed by atoms with Crippen molar-refractivity contribution in [1.82, 2.24) is 0 Å². The van der Waals surface area contributed by atoms with Gasteiger partial charge in [-0.15, -0.1) is 0 Å². The van der Waals surface area contributed by atoms with E-state index in [4.69, 9.17) is 15.0 Å². The molecule has 2 N–H and O–H groups in total. The summed E-state index contributed by atoms with van der Waals surface area (Å²) in [5.41, 5.74) is 3.00. The molecule has 0 spiro atoms. The fourth-order valence-corrected chi connectivity index (χ4v) is 1.79. The Morgan fingerprint density at radius 2 is 1.93 bits per heavy atom. The van der Waals surface area contributed by atoms with Crippen LogP contribution in [0.25, 0.3) is 0 Å². The number of aliphatic hydroxyl groups is 1. The van der Waals surface area contributed by atoms with Crippen molar-refractivity contribution >= 4 is 5.97 Å². The number of carboxylic acids is 1. The molecule has 0 aromatic heterocycles. The Bertz CT molecular complexity index is 248. The monoisotopic (exact) mass is 214 g/mol. The highest BCUT2D eigenvalue weighted by molar-refractivity contribution is 5.62. The lowest BCUT2D eigenvalue weighted by Crippen LogP contribution is -2.20. The first-order valence-corrected chi connectivity index (χ1v) is 5.30. The van der Waals surface area contributed by atoms with E-state index in [1.807, 2.05) is 0 Å². The van der Waals surface area contributed by atoms with Crippen molar-refractivity contribution in [2.45, 2.75) is 47.0 Å². The van der Waals surface area contributed by atoms with Crippen LogP contribution < -0.4 is 0 Å². The molecule has 0 fully saturated rings. The zero-order valence-corrected chi connectivity index (χ0v) is 10.1. The van der Waals surface area contributed by atoms with Gasteiger partial charge in [-0.3, -0.25) is 4.79 Å². The van der Waals surface area contributed by atoms with Crippen LogP contribution in [-0.4, -0.2) is 22.8 Å². The molecule has 0 aliphatic heterocycles. The number of allylic oxidation sites excluding steroid dienone is 1. The lowest BCUT2D eigenvalue weighted by molar-refractivity contribution is -0.134. The quantitative estimate of drug-likeness (QED) is 0.660. The van der Waals surface area contributed by atoms with Crippen molar-refractivity contribution in [3.63, 3.8) is 0 Å². The minimum absolute atomic E-state index is 0.259. The second-order valence-electron chi connectivity index (χ2n) is 4.64. The van der Waals surface area contributed by atoms with Gasteiger partial charge in [-0.1, -0.05) is 19.4 Å². The summed E-state index contributed by atoms with van der Waals surface area (Å²) in [6.07, 6.45) is 3.61. The van der Waals surface area contributed by atoms with Gasteiger partial charge in [0.15, 0.2) is 0 Å². The Morgan fingerprint density at radius 1 is 1.47 bits per heavy atom. The fraction of sp³-hybridized carbons (Fsp3) is 0.750. The van der Waals surface area contributed by atoms with Crippen molar-refractivity contribution < 1.29 is 15.0 Å². The molecule has 0 saturated carbocycles. The molecule has 0 heterocycles. The van der Waals surface area contributed by atoms with Crippen molar-refractivity contribution in [3.8, 4) is 0 Å². The van der Waals surface area contributed by atoms with Crippen LogP contribution in [0.3, 0.4) is 0 Å². The van der Waals surface area contributed by atoms with Crippen LogP contribution in [0.15, 0.2) is 11.1 Å². The van der Waals surface area contributed by atoms with E-state index in [1.54, 1.807) is 0 Å². The first-order chi connectivity index (χ1) is 6.81. The van der Waals surface area contributed by atoms with Crippen molar-refractivity contribution in [3.05, 3.63) is 11.1 Å². The fourth-order valence-electron chi connectivity index (χ4n) is 1.79. The normalized spacial score (nSPS) is 19.3. The van der Waals surface area contributed by atoms with Gasteiger partial charge in [0.1, 0.15) is 0 Å². The summed E-state index contributed by atoms with van der Waals surface area (Å²) in [5, 5.41) is 16.5. The maximum atomic E-state index is 9.04. The average molecular weight is 214 g/mol. The van der Waals surface area contributed by atoms with Crippen molar-refractivity contribution in [2.75, 3.05) is 6.61 Å². The minimum atomic E-state index is -0.833. The standard InChI is InChI=1S/C10H18O.C2H4O2/c1-8-9(7-11)5-4-6-10(8,2)3;1-2(3)4/h11H,4-7H2,1-3H3;1H3,(H,3,4). The van der Waals surface area contributed by atoms with Crippen molar-refractivity contribution in [1.29, 1.82) is 0 Å². The Kier molecular flexibility index (Phi) is 5.58. The molecule has 15 heavy (non-hydrogen) atoms. The minimum Gasteiger partial charge on any atom is -0.481 e. The molecular formula is C12H22O3. The third-order valence-electron chi connectivity index (χ3n) is 3.02. The molecule has 3 nitrogen and oxygen atoms in total. The molecule has 1 aliphatic carbocycles. The summed E-state index contributed by atoms with van der Waals surface area (Å²) in [5.74, 6) is -0.833. The Labute approximate surface area is 91.8 Å². The van der Waals surface area contributed by atoms with E-state index in [2.05, 4.69) is 20.8 Å². The average Bonchev–Trinajstić information content (AvgIpc) is 2.09. The van der Waals surface area contributed by atoms with Crippen LogP contribution in [0.2, 0.25) is 0 Å². The summed E-state index contributed by atoms with van der Waals surface area (Å²) in [6.45, 7) is 8.02. The number of aliphatic hydroxyl groups excluding tert-OH is 1. The summed E-state index contributed by atoms with van der Waals surface area (Å²) in [4.78, 5) is 9.00. The summed E-state index contributed by atoms with van der Waals surface area (Å²) < 4.78 is 0. The molecule has 0 bridgehead atoms. The summed E-state index contributed by atoms with van der Waals surface area (Å²) in [6, 6.07) is 0. The van der Waals surface area contributed by atoms with Gasteiger partial charge in [0.05, 0.1) is 6.61 Å². The van der Waals surface area contributed by atoms with E-state index in [-0.39, 0.29) is 6.61 Å². The van der Waals surface area contributed by atoms with Crippen molar-refractivity contribution in [2.24, 2.45) is 5.41 Å². The van der Waals surface area contributed by atoms with E-state index in [0.29, 0.717) is 5.41 Å². The van der Waals surface area contributed by atoms with Crippen LogP contribution >= 0.6 is 0 Å². The maximum absolute atomic E-state index is 9.04. The smallest absolute Gasteiger partial charge is 0.300 e. The summed E-state index contributed by atoms with van der Waals surface area (Å²) >= 11 is 0. The van der Waals surface area contributed by atoms with E-state index in [0.717, 1.165) is 13.3 Å². The number of hydrogen-bond acceptors (Lipinski definition) is 2. The number of hydrogen-bond donors (Lipinski definition) is 2. The molecular weight excluding hydrogens is 192 g/mol. The molecule has 88 valence electrons. The molecule has 0 unspecified atom stereocenters. The zero-order chi connectivity index (χ0) is 12.1. The first kappa shape index (κ1) is 14.2. The highest BCUT2D eigenvalue weighted by Crippen LogP contribution is 2.39. The van der Waals surface area contributed by atoms with Crippen LogP contribution in [0.4, 0.5) is 0 Å². The topological polar surface area (TPSA) is 57.5 Å². The van der Waals surface area contributed by atoms with Gasteiger partial charge < -0.3 is 10.2 Å². The molecule has 0 atom stereocenters. The Morgan fingerprint density at radius 3 is 2.27 bits per heavy atom.